The Bertz CT molecular complexity index is 2390. The van der Waals surface area contributed by atoms with E-state index in [-0.39, 0.29) is 0 Å². The van der Waals surface area contributed by atoms with Gasteiger partial charge in [-0.1, -0.05) is 158 Å². The van der Waals surface area contributed by atoms with E-state index in [4.69, 9.17) is 9.98 Å². The molecule has 0 saturated heterocycles. The summed E-state index contributed by atoms with van der Waals surface area (Å²) in [5, 5.41) is 2.37. The third kappa shape index (κ3) is 7.58. The third-order valence-corrected chi connectivity index (χ3v) is 9.93. The van der Waals surface area contributed by atoms with E-state index < -0.39 is 0 Å². The topological polar surface area (TPSA) is 24.7 Å². The molecule has 0 heterocycles. The molecule has 0 amide bonds. The molecule has 0 N–H and O–H groups in total. The first-order valence-electron chi connectivity index (χ1n) is 18.1. The fourth-order valence-electron chi connectivity index (χ4n) is 7.59. The minimum atomic E-state index is 0.878. The van der Waals surface area contributed by atoms with Gasteiger partial charge in [0.1, 0.15) is 0 Å². The molecule has 8 aromatic rings. The predicted octanol–water partition coefficient (Wildman–Crippen LogP) is 15.1. The van der Waals surface area contributed by atoms with Gasteiger partial charge in [-0.25, -0.2) is 9.98 Å². The van der Waals surface area contributed by atoms with Gasteiger partial charge >= 0.3 is 39.3 Å². The van der Waals surface area contributed by atoms with Gasteiger partial charge in [-0.3, -0.25) is 0 Å². The van der Waals surface area contributed by atoms with Crippen molar-refractivity contribution in [1.82, 2.24) is 0 Å². The van der Waals surface area contributed by atoms with Gasteiger partial charge in [-0.05, 0) is 76.9 Å². The van der Waals surface area contributed by atoms with Crippen LogP contribution in [0.5, 0.6) is 0 Å². The molecule has 0 aliphatic heterocycles. The summed E-state index contributed by atoms with van der Waals surface area (Å²) in [4.78, 5) is 11.6. The molecule has 0 radical (unpaired) electrons. The van der Waals surface area contributed by atoms with Crippen LogP contribution in [0.1, 0.15) is 22.3 Å². The van der Waals surface area contributed by atoms with Crippen LogP contribution in [0.2, 0.25) is 0 Å². The predicted molar refractivity (Wildman–Crippen MR) is 238 cm³/mol. The summed E-state index contributed by atoms with van der Waals surface area (Å²) in [6, 6.07) is 64.6. The molecule has 5 heteroatoms. The molecule has 0 saturated carbocycles. The van der Waals surface area contributed by atoms with Crippen molar-refractivity contribution in [2.45, 2.75) is 13.8 Å². The van der Waals surface area contributed by atoms with Gasteiger partial charge in [0, 0.05) is 38.8 Å². The maximum absolute atomic E-state index is 5.78. The van der Waals surface area contributed by atoms with Gasteiger partial charge < -0.3 is 0 Å². The zero-order valence-corrected chi connectivity index (χ0v) is 34.4. The Kier molecular flexibility index (Phi) is 11.1. The summed E-state index contributed by atoms with van der Waals surface area (Å²) in [7, 11) is 1.25. The Hall–Kier alpha value is -5.19. The average Bonchev–Trinajstić information content (AvgIpc) is 3.53. The van der Waals surface area contributed by atoms with Crippen molar-refractivity contribution in [1.29, 1.82) is 0 Å². The molecule has 0 spiro atoms. The molecule has 270 valence electrons. The standard InChI is InChI=1S/C50H36N2.2BrH.Ni/c1-33-29-42(35-17-7-3-8-18-35)47(43(30-33)36-19-9-4-10-20-36)51-49-40-27-15-25-39-26-16-28-41(46(39)40)50(49)52-48-44(37-21-11-5-12-22-37)31-34(2)32-45(48)38-23-13-6-14-24-38;;;/h3-32H,1-2H3;2*1H;/q;;;+2/p-2. The summed E-state index contributed by atoms with van der Waals surface area (Å²) in [5.74, 6) is 0. The number of hydrogen-bond acceptors (Lipinski definition) is 2. The molecule has 1 aliphatic rings. The van der Waals surface area contributed by atoms with Gasteiger partial charge in [0.2, 0.25) is 0 Å². The van der Waals surface area contributed by atoms with Gasteiger partial charge in [-0.2, -0.15) is 0 Å². The Balaban J connectivity index is 0.00000138. The van der Waals surface area contributed by atoms with Crippen molar-refractivity contribution in [3.63, 3.8) is 0 Å². The van der Waals surface area contributed by atoms with Crippen LogP contribution in [-0.4, -0.2) is 11.4 Å². The molecule has 55 heavy (non-hydrogen) atoms. The number of hydrogen-bond donors (Lipinski definition) is 0. The van der Waals surface area contributed by atoms with E-state index in [2.05, 4.69) is 224 Å². The number of aryl methyl sites for hydroxylation is 2. The first-order valence-corrected chi connectivity index (χ1v) is 23.0. The fourth-order valence-corrected chi connectivity index (χ4v) is 7.59. The fraction of sp³-hybridized carbons (Fsp3) is 0.0400. The molecule has 0 fully saturated rings. The van der Waals surface area contributed by atoms with Crippen LogP contribution >= 0.6 is 28.5 Å². The van der Waals surface area contributed by atoms with Gasteiger partial charge in [0.15, 0.2) is 0 Å². The minimum absolute atomic E-state index is 0.878. The summed E-state index contributed by atoms with van der Waals surface area (Å²) in [6.45, 7) is 4.34. The molecule has 1 aliphatic carbocycles. The van der Waals surface area contributed by atoms with Crippen LogP contribution in [0.15, 0.2) is 192 Å². The van der Waals surface area contributed by atoms with Crippen LogP contribution in [0.4, 0.5) is 11.4 Å². The molecular formula is C50H36Br2N2Ni. The molecule has 0 bridgehead atoms. The molecule has 0 unspecified atom stereocenters. The molecule has 8 aromatic carbocycles. The Morgan fingerprint density at radius 3 is 0.945 bits per heavy atom. The van der Waals surface area contributed by atoms with Crippen LogP contribution < -0.4 is 0 Å². The Labute approximate surface area is 343 Å². The SMILES string of the molecule is Cc1cc(-c2ccccc2)c(N=C2C(=Nc3c(-c4ccccc4)cc(C)cc3-c3ccccc3)c3cccc4cccc2c34)c(-c2ccccc2)c1.[Br][Ni][Br]. The van der Waals surface area contributed by atoms with Crippen LogP contribution in [0, 0.1) is 13.8 Å². The zero-order valence-electron chi connectivity index (χ0n) is 30.3. The molecule has 0 aromatic heterocycles. The van der Waals surface area contributed by atoms with Gasteiger partial charge in [-0.15, -0.1) is 0 Å². The first kappa shape index (κ1) is 36.8. The zero-order chi connectivity index (χ0) is 37.7. The second-order valence-electron chi connectivity index (χ2n) is 13.6. The summed E-state index contributed by atoms with van der Waals surface area (Å²) in [6.07, 6.45) is 0. The third-order valence-electron chi connectivity index (χ3n) is 9.93. The quantitative estimate of drug-likeness (QED) is 0.149. The number of benzene rings is 8. The van der Waals surface area contributed by atoms with Crippen molar-refractivity contribution in [2.24, 2.45) is 9.98 Å². The summed E-state index contributed by atoms with van der Waals surface area (Å²) < 4.78 is 0. The maximum atomic E-state index is 5.78. The number of nitrogens with zero attached hydrogens (tertiary/aromatic N) is 2. The first-order chi connectivity index (χ1) is 27.0. The molecular weight excluding hydrogens is 847 g/mol. The van der Waals surface area contributed by atoms with E-state index in [1.807, 2.05) is 0 Å². The van der Waals surface area contributed by atoms with Gasteiger partial charge in [0.25, 0.3) is 0 Å². The van der Waals surface area contributed by atoms with E-state index >= 15 is 0 Å². The van der Waals surface area contributed by atoms with Crippen LogP contribution in [0.3, 0.4) is 0 Å². The summed E-state index contributed by atoms with van der Waals surface area (Å²) in [5.41, 5.74) is 17.1. The molecule has 0 atom stereocenters. The van der Waals surface area contributed by atoms with E-state index in [9.17, 15) is 0 Å². The van der Waals surface area contributed by atoms with Crippen molar-refractivity contribution >= 4 is 62.0 Å². The van der Waals surface area contributed by atoms with Crippen molar-refractivity contribution < 1.29 is 10.9 Å². The van der Waals surface area contributed by atoms with Crippen LogP contribution in [-0.2, 0) is 10.9 Å². The number of rotatable bonds is 6. The second kappa shape index (κ2) is 16.7. The van der Waals surface area contributed by atoms with E-state index in [0.717, 1.165) is 78.4 Å². The number of halogens is 2. The second-order valence-corrected chi connectivity index (χ2v) is 18.5. The number of aliphatic imine (C=N–C) groups is 2. The molecule has 9 rings (SSSR count). The summed E-state index contributed by atoms with van der Waals surface area (Å²) >= 11 is 6.00. The van der Waals surface area contributed by atoms with Crippen molar-refractivity contribution in [3.05, 3.63) is 204 Å². The van der Waals surface area contributed by atoms with E-state index in [0.29, 0.717) is 0 Å². The molecule has 2 nitrogen and oxygen atoms in total. The van der Waals surface area contributed by atoms with Gasteiger partial charge in [0.05, 0.1) is 22.8 Å². The van der Waals surface area contributed by atoms with E-state index in [1.54, 1.807) is 0 Å². The van der Waals surface area contributed by atoms with Crippen LogP contribution in [0.25, 0.3) is 55.3 Å². The monoisotopic (exact) mass is 880 g/mol. The average molecular weight is 883 g/mol. The Morgan fingerprint density at radius 1 is 0.364 bits per heavy atom. The normalized spacial score (nSPS) is 13.3. The van der Waals surface area contributed by atoms with E-state index in [1.165, 1.54) is 32.8 Å². The van der Waals surface area contributed by atoms with Crippen molar-refractivity contribution in [3.8, 4) is 44.5 Å². The van der Waals surface area contributed by atoms with Crippen molar-refractivity contribution in [2.75, 3.05) is 0 Å². The Morgan fingerprint density at radius 2 is 0.655 bits per heavy atom.